The van der Waals surface area contributed by atoms with Crippen LogP contribution in [-0.2, 0) is 4.79 Å². The van der Waals surface area contributed by atoms with E-state index in [0.717, 1.165) is 37.1 Å². The third kappa shape index (κ3) is 9.18. The molecule has 140 valence electrons. The first-order valence-corrected chi connectivity index (χ1v) is 9.33. The Kier molecular flexibility index (Phi) is 10.5. The van der Waals surface area contributed by atoms with Crippen molar-refractivity contribution in [2.75, 3.05) is 20.3 Å². The van der Waals surface area contributed by atoms with Gasteiger partial charge in [0.1, 0.15) is 0 Å². The molecule has 25 heavy (non-hydrogen) atoms. The Labute approximate surface area is 152 Å². The highest BCUT2D eigenvalue weighted by molar-refractivity contribution is 5.91. The highest BCUT2D eigenvalue weighted by Crippen LogP contribution is 2.28. The van der Waals surface area contributed by atoms with Gasteiger partial charge in [0, 0.05) is 12.6 Å². The third-order valence-corrected chi connectivity index (χ3v) is 3.90. The molecule has 0 saturated heterocycles. The standard InChI is InChI=1S/C21H33NO3/c1-5-6-7-8-14-22-21(23)12-10-18-9-11-19(20(16-18)24-4)25-15-13-17(2)3/h9-12,16-17H,5-8,13-15H2,1-4H3,(H,22,23)/b12-10+. The number of carbonyl (C=O) groups is 1. The minimum atomic E-state index is -0.0623. The van der Waals surface area contributed by atoms with Crippen molar-refractivity contribution in [1.82, 2.24) is 5.32 Å². The van der Waals surface area contributed by atoms with Gasteiger partial charge >= 0.3 is 0 Å². The number of unbranched alkanes of at least 4 members (excludes halogenated alkanes) is 3. The van der Waals surface area contributed by atoms with Crippen LogP contribution in [-0.4, -0.2) is 26.2 Å². The number of carbonyl (C=O) groups excluding carboxylic acids is 1. The molecule has 1 amide bonds. The van der Waals surface area contributed by atoms with Crippen LogP contribution in [0.5, 0.6) is 11.5 Å². The number of benzene rings is 1. The number of amides is 1. The zero-order valence-corrected chi connectivity index (χ0v) is 16.1. The maximum atomic E-state index is 11.8. The minimum absolute atomic E-state index is 0.0623. The highest BCUT2D eigenvalue weighted by Gasteiger charge is 2.05. The van der Waals surface area contributed by atoms with Crippen molar-refractivity contribution in [2.45, 2.75) is 52.9 Å². The Hall–Kier alpha value is -1.97. The van der Waals surface area contributed by atoms with E-state index in [2.05, 4.69) is 26.1 Å². The maximum absolute atomic E-state index is 11.8. The number of hydrogen-bond donors (Lipinski definition) is 1. The van der Waals surface area contributed by atoms with Gasteiger partial charge in [-0.05, 0) is 42.5 Å². The molecular formula is C21H33NO3. The van der Waals surface area contributed by atoms with Crippen LogP contribution >= 0.6 is 0 Å². The fourth-order valence-corrected chi connectivity index (χ4v) is 2.31. The lowest BCUT2D eigenvalue weighted by atomic mass is 10.1. The van der Waals surface area contributed by atoms with Crippen LogP contribution in [0.15, 0.2) is 24.3 Å². The predicted molar refractivity (Wildman–Crippen MR) is 104 cm³/mol. The van der Waals surface area contributed by atoms with Gasteiger partial charge in [-0.3, -0.25) is 4.79 Å². The molecule has 0 saturated carbocycles. The molecular weight excluding hydrogens is 314 g/mol. The van der Waals surface area contributed by atoms with Crippen LogP contribution in [0.4, 0.5) is 0 Å². The summed E-state index contributed by atoms with van der Waals surface area (Å²) in [6.45, 7) is 7.92. The molecule has 0 bridgehead atoms. The van der Waals surface area contributed by atoms with E-state index in [1.165, 1.54) is 12.8 Å². The normalized spacial score (nSPS) is 11.1. The van der Waals surface area contributed by atoms with E-state index >= 15 is 0 Å². The third-order valence-electron chi connectivity index (χ3n) is 3.90. The van der Waals surface area contributed by atoms with Crippen LogP contribution in [0.25, 0.3) is 6.08 Å². The van der Waals surface area contributed by atoms with Gasteiger partial charge in [-0.2, -0.15) is 0 Å². The molecule has 0 heterocycles. The minimum Gasteiger partial charge on any atom is -0.493 e. The molecule has 1 N–H and O–H groups in total. The summed E-state index contributed by atoms with van der Waals surface area (Å²) in [7, 11) is 1.63. The summed E-state index contributed by atoms with van der Waals surface area (Å²) in [5, 5.41) is 2.91. The Morgan fingerprint density at radius 2 is 2.00 bits per heavy atom. The molecule has 0 aromatic heterocycles. The summed E-state index contributed by atoms with van der Waals surface area (Å²) in [5.41, 5.74) is 0.911. The molecule has 0 fully saturated rings. The molecule has 0 aliphatic carbocycles. The van der Waals surface area contributed by atoms with Crippen molar-refractivity contribution < 1.29 is 14.3 Å². The van der Waals surface area contributed by atoms with Gasteiger partial charge in [0.25, 0.3) is 0 Å². The SMILES string of the molecule is CCCCCCNC(=O)/C=C/c1ccc(OCCC(C)C)c(OC)c1. The summed E-state index contributed by atoms with van der Waals surface area (Å²) in [6, 6.07) is 5.70. The topological polar surface area (TPSA) is 47.6 Å². The summed E-state index contributed by atoms with van der Waals surface area (Å²) >= 11 is 0. The zero-order valence-electron chi connectivity index (χ0n) is 16.1. The lowest BCUT2D eigenvalue weighted by molar-refractivity contribution is -0.116. The maximum Gasteiger partial charge on any atom is 0.243 e. The number of nitrogens with one attached hydrogen (secondary N) is 1. The summed E-state index contributed by atoms with van der Waals surface area (Å²) in [6.07, 6.45) is 8.97. The number of ether oxygens (including phenoxy) is 2. The fourth-order valence-electron chi connectivity index (χ4n) is 2.31. The van der Waals surface area contributed by atoms with E-state index in [4.69, 9.17) is 9.47 Å². The van der Waals surface area contributed by atoms with Crippen molar-refractivity contribution in [3.8, 4) is 11.5 Å². The largest absolute Gasteiger partial charge is 0.493 e. The zero-order chi connectivity index (χ0) is 18.5. The second-order valence-electron chi connectivity index (χ2n) is 6.63. The van der Waals surface area contributed by atoms with Crippen LogP contribution in [0.2, 0.25) is 0 Å². The van der Waals surface area contributed by atoms with Gasteiger partial charge in [0.15, 0.2) is 11.5 Å². The molecule has 0 aliphatic heterocycles. The van der Waals surface area contributed by atoms with Gasteiger partial charge in [-0.25, -0.2) is 0 Å². The van der Waals surface area contributed by atoms with E-state index < -0.39 is 0 Å². The average molecular weight is 347 g/mol. The Morgan fingerprint density at radius 3 is 2.68 bits per heavy atom. The van der Waals surface area contributed by atoms with E-state index in [1.54, 1.807) is 19.3 Å². The molecule has 1 aromatic rings. The van der Waals surface area contributed by atoms with E-state index in [9.17, 15) is 4.79 Å². The second kappa shape index (κ2) is 12.4. The first-order valence-electron chi connectivity index (χ1n) is 9.33. The summed E-state index contributed by atoms with van der Waals surface area (Å²) in [4.78, 5) is 11.8. The van der Waals surface area contributed by atoms with Crippen LogP contribution < -0.4 is 14.8 Å². The van der Waals surface area contributed by atoms with Crippen molar-refractivity contribution in [1.29, 1.82) is 0 Å². The quantitative estimate of drug-likeness (QED) is 0.435. The Bertz CT molecular complexity index is 538. The molecule has 4 heteroatoms. The Balaban J connectivity index is 2.51. The average Bonchev–Trinajstić information content (AvgIpc) is 2.60. The summed E-state index contributed by atoms with van der Waals surface area (Å²) in [5.74, 6) is 1.97. The number of methoxy groups -OCH3 is 1. The van der Waals surface area contributed by atoms with Gasteiger partial charge < -0.3 is 14.8 Å². The molecule has 0 aliphatic rings. The first-order chi connectivity index (χ1) is 12.1. The monoisotopic (exact) mass is 347 g/mol. The second-order valence-corrected chi connectivity index (χ2v) is 6.63. The van der Waals surface area contributed by atoms with Crippen LogP contribution in [0, 0.1) is 5.92 Å². The van der Waals surface area contributed by atoms with E-state index in [1.807, 2.05) is 18.2 Å². The first kappa shape index (κ1) is 21.1. The molecule has 1 rings (SSSR count). The molecule has 4 nitrogen and oxygen atoms in total. The van der Waals surface area contributed by atoms with Gasteiger partial charge in [-0.15, -0.1) is 0 Å². The van der Waals surface area contributed by atoms with E-state index in [-0.39, 0.29) is 5.91 Å². The molecule has 0 spiro atoms. The van der Waals surface area contributed by atoms with Gasteiger partial charge in [-0.1, -0.05) is 46.1 Å². The van der Waals surface area contributed by atoms with Gasteiger partial charge in [0.05, 0.1) is 13.7 Å². The lowest BCUT2D eigenvalue weighted by Crippen LogP contribution is -2.21. The number of hydrogen-bond acceptors (Lipinski definition) is 3. The van der Waals surface area contributed by atoms with E-state index in [0.29, 0.717) is 18.3 Å². The van der Waals surface area contributed by atoms with Crippen LogP contribution in [0.3, 0.4) is 0 Å². The van der Waals surface area contributed by atoms with Gasteiger partial charge in [0.2, 0.25) is 5.91 Å². The van der Waals surface area contributed by atoms with Crippen molar-refractivity contribution in [3.05, 3.63) is 29.8 Å². The molecule has 0 atom stereocenters. The fraction of sp³-hybridized carbons (Fsp3) is 0.571. The smallest absolute Gasteiger partial charge is 0.243 e. The molecule has 0 unspecified atom stereocenters. The van der Waals surface area contributed by atoms with Crippen molar-refractivity contribution in [3.63, 3.8) is 0 Å². The van der Waals surface area contributed by atoms with Crippen molar-refractivity contribution >= 4 is 12.0 Å². The lowest BCUT2D eigenvalue weighted by Gasteiger charge is -2.12. The van der Waals surface area contributed by atoms with Crippen molar-refractivity contribution in [2.24, 2.45) is 5.92 Å². The summed E-state index contributed by atoms with van der Waals surface area (Å²) < 4.78 is 11.2. The highest BCUT2D eigenvalue weighted by atomic mass is 16.5. The Morgan fingerprint density at radius 1 is 1.20 bits per heavy atom. The predicted octanol–water partition coefficient (Wildman–Crippen LogP) is 4.83. The molecule has 1 aromatic carbocycles. The van der Waals surface area contributed by atoms with Crippen LogP contribution in [0.1, 0.15) is 58.4 Å². The molecule has 0 radical (unpaired) electrons. The number of rotatable bonds is 12.